The van der Waals surface area contributed by atoms with E-state index in [1.165, 1.54) is 0 Å². The molecule has 0 amide bonds. The Labute approximate surface area is 256 Å². The second-order valence-electron chi connectivity index (χ2n) is 6.26. The summed E-state index contributed by atoms with van der Waals surface area (Å²) in [4.78, 5) is 0. The van der Waals surface area contributed by atoms with Crippen LogP contribution in [0.3, 0.4) is 0 Å². The second kappa shape index (κ2) is 18.1. The predicted octanol–water partition coefficient (Wildman–Crippen LogP) is -7.22. The van der Waals surface area contributed by atoms with Crippen LogP contribution in [0.15, 0.2) is 0 Å². The third-order valence-corrected chi connectivity index (χ3v) is 10.6. The molecule has 9 nitrogen and oxygen atoms in total. The number of hydrogen-bond acceptors (Lipinski definition) is 12. The third kappa shape index (κ3) is 21.1. The van der Waals surface area contributed by atoms with Gasteiger partial charge in [0.2, 0.25) is 0 Å². The topological polar surface area (TPSA) is 172 Å². The fourth-order valence-electron chi connectivity index (χ4n) is 3.34. The van der Waals surface area contributed by atoms with Crippen LogP contribution >= 0.6 is 32.4 Å². The molecular weight excluding hydrogens is 549 g/mol. The molecule has 30 heavy (non-hydrogen) atoms. The summed E-state index contributed by atoms with van der Waals surface area (Å²) in [5.41, 5.74) is 0. The molecule has 3 atom stereocenters. The smallest absolute Gasteiger partial charge is 0.739 e. The molecule has 1 aliphatic carbocycles. The van der Waals surface area contributed by atoms with Crippen molar-refractivity contribution in [1.29, 1.82) is 0 Å². The minimum atomic E-state index is -4.39. The van der Waals surface area contributed by atoms with Gasteiger partial charge in [-0.15, -0.1) is 0 Å². The fraction of sp³-hybridized carbons (Fsp3) is 1.00. The maximum absolute atomic E-state index is 10.7. The van der Waals surface area contributed by atoms with Gasteiger partial charge in [-0.05, 0) is 82.2 Å². The van der Waals surface area contributed by atoms with E-state index in [2.05, 4.69) is 0 Å². The Hall–Kier alpha value is 3.78. The van der Waals surface area contributed by atoms with Crippen LogP contribution in [0.25, 0.3) is 0 Å². The van der Waals surface area contributed by atoms with E-state index in [4.69, 9.17) is 0 Å². The molecule has 0 aromatic carbocycles. The van der Waals surface area contributed by atoms with Crippen LogP contribution in [0, 0.1) is 17.8 Å². The van der Waals surface area contributed by atoms with E-state index >= 15 is 0 Å². The van der Waals surface area contributed by atoms with Gasteiger partial charge in [0, 0.05) is 17.3 Å². The van der Waals surface area contributed by atoms with Crippen LogP contribution < -0.4 is 88.7 Å². The van der Waals surface area contributed by atoms with Gasteiger partial charge in [-0.3, -0.25) is 0 Å². The first-order valence-electron chi connectivity index (χ1n) is 8.06. The van der Waals surface area contributed by atoms with E-state index in [1.807, 2.05) is 0 Å². The zero-order valence-electron chi connectivity index (χ0n) is 17.2. The largest absolute Gasteiger partial charge is 1.00 e. The average molecular weight is 571 g/mol. The molecular formula is C12H21Na3O9S6. The first-order valence-corrected chi connectivity index (χ1v) is 16.8. The molecule has 1 fully saturated rings. The monoisotopic (exact) mass is 570 g/mol. The molecule has 162 valence electrons. The summed E-state index contributed by atoms with van der Waals surface area (Å²) in [5.74, 6) is 0.765. The molecule has 1 aliphatic rings. The van der Waals surface area contributed by atoms with Crippen LogP contribution in [-0.4, -0.2) is 56.2 Å². The van der Waals surface area contributed by atoms with Crippen LogP contribution in [0.1, 0.15) is 38.5 Å². The van der Waals surface area contributed by atoms with E-state index in [0.29, 0.717) is 58.1 Å². The molecule has 0 spiro atoms. The second-order valence-corrected chi connectivity index (χ2v) is 16.4. The van der Waals surface area contributed by atoms with Gasteiger partial charge >= 0.3 is 88.7 Å². The fourth-order valence-corrected chi connectivity index (χ4v) is 7.88. The minimum Gasteiger partial charge on any atom is -0.739 e. The quantitative estimate of drug-likeness (QED) is 0.123. The molecule has 0 saturated heterocycles. The molecule has 0 bridgehead atoms. The molecule has 1 rings (SSSR count). The zero-order chi connectivity index (χ0) is 20.7. The van der Waals surface area contributed by atoms with Gasteiger partial charge in [-0.1, -0.05) is 6.42 Å². The summed E-state index contributed by atoms with van der Waals surface area (Å²) in [7, 11) is -12.1. The predicted molar refractivity (Wildman–Crippen MR) is 105 cm³/mol. The molecule has 3 unspecified atom stereocenters. The van der Waals surface area contributed by atoms with Gasteiger partial charge in [0.05, 0.1) is 0 Å². The molecule has 0 radical (unpaired) electrons. The summed E-state index contributed by atoms with van der Waals surface area (Å²) >= 11 is 0. The number of hydrogen-bond donors (Lipinski definition) is 0. The normalized spacial score (nSPS) is 22.3. The molecule has 0 N–H and O–H groups in total. The Balaban J connectivity index is -0.00000243. The SMILES string of the molecule is O=S(=O)([O-])SCCC1CCC(CCSS(=O)(=O)[O-])C(CCSS(=O)(=O)[O-])C1.[Na+].[Na+].[Na+]. The molecule has 0 aromatic heterocycles. The van der Waals surface area contributed by atoms with Gasteiger partial charge in [-0.2, -0.15) is 0 Å². The average Bonchev–Trinajstić information content (AvgIpc) is 2.45. The summed E-state index contributed by atoms with van der Waals surface area (Å²) in [6.07, 6.45) is 3.67. The molecule has 1 saturated carbocycles. The summed E-state index contributed by atoms with van der Waals surface area (Å²) in [5, 5.41) is 0. The maximum Gasteiger partial charge on any atom is 1.00 e. The van der Waals surface area contributed by atoms with Gasteiger partial charge < -0.3 is 13.7 Å². The van der Waals surface area contributed by atoms with Gasteiger partial charge in [0.25, 0.3) is 0 Å². The number of rotatable bonds is 12. The van der Waals surface area contributed by atoms with Crippen LogP contribution in [0.2, 0.25) is 0 Å². The van der Waals surface area contributed by atoms with E-state index in [-0.39, 0.29) is 124 Å². The van der Waals surface area contributed by atoms with E-state index in [1.54, 1.807) is 0 Å². The van der Waals surface area contributed by atoms with E-state index in [0.717, 1.165) is 12.8 Å². The van der Waals surface area contributed by atoms with Crippen molar-refractivity contribution < 1.29 is 128 Å². The first kappa shape index (κ1) is 38.3. The Morgan fingerprint density at radius 1 is 0.600 bits per heavy atom. The minimum absolute atomic E-state index is 0. The van der Waals surface area contributed by atoms with Gasteiger partial charge in [0.15, 0.2) is 0 Å². The maximum atomic E-state index is 10.7. The van der Waals surface area contributed by atoms with Crippen LogP contribution in [-0.2, 0) is 27.5 Å². The van der Waals surface area contributed by atoms with E-state index < -0.39 is 27.5 Å². The van der Waals surface area contributed by atoms with Crippen LogP contribution in [0.4, 0.5) is 0 Å². The molecule has 0 aliphatic heterocycles. The Kier molecular flexibility index (Phi) is 23.1. The van der Waals surface area contributed by atoms with Crippen molar-refractivity contribution in [2.24, 2.45) is 17.8 Å². The third-order valence-electron chi connectivity index (χ3n) is 4.43. The van der Waals surface area contributed by atoms with Crippen molar-refractivity contribution in [2.75, 3.05) is 17.3 Å². The summed E-state index contributed by atoms with van der Waals surface area (Å²) < 4.78 is 96.4. The van der Waals surface area contributed by atoms with Crippen molar-refractivity contribution in [3.63, 3.8) is 0 Å². The zero-order valence-corrected chi connectivity index (χ0v) is 28.1. The standard InChI is InChI=1S/C12H24O9S6.3Na/c13-25(14,15)22-6-3-10-1-2-11(4-7-23-26(16,17)18)12(9-10)5-8-24-27(19,20)21;;;/h10-12H,1-9H2,(H,13,14,15)(H,16,17,18)(H,19,20,21);;;/q;3*+1/p-3. The summed E-state index contributed by atoms with van der Waals surface area (Å²) in [6.45, 7) is 0. The van der Waals surface area contributed by atoms with Crippen molar-refractivity contribution >= 4 is 59.8 Å². The molecule has 0 aromatic rings. The van der Waals surface area contributed by atoms with Crippen molar-refractivity contribution in [1.82, 2.24) is 0 Å². The molecule has 18 heteroatoms. The van der Waals surface area contributed by atoms with Gasteiger partial charge in [0.1, 0.15) is 27.5 Å². The van der Waals surface area contributed by atoms with Gasteiger partial charge in [-0.25, -0.2) is 25.3 Å². The Bertz CT molecular complexity index is 775. The summed E-state index contributed by atoms with van der Waals surface area (Å²) in [6, 6.07) is 0. The van der Waals surface area contributed by atoms with Crippen molar-refractivity contribution in [3.05, 3.63) is 0 Å². The Morgan fingerprint density at radius 3 is 1.37 bits per heavy atom. The van der Waals surface area contributed by atoms with E-state index in [9.17, 15) is 38.9 Å². The first-order chi connectivity index (χ1) is 12.3. The molecule has 0 heterocycles. The van der Waals surface area contributed by atoms with Crippen molar-refractivity contribution in [2.45, 2.75) is 38.5 Å². The van der Waals surface area contributed by atoms with Crippen molar-refractivity contribution in [3.8, 4) is 0 Å². The Morgan fingerprint density at radius 2 is 0.967 bits per heavy atom. The van der Waals surface area contributed by atoms with Crippen LogP contribution in [0.5, 0.6) is 0 Å².